The highest BCUT2D eigenvalue weighted by atomic mass is 19.3. The van der Waals surface area contributed by atoms with Crippen LogP contribution in [-0.4, -0.2) is 18.5 Å². The maximum atomic E-state index is 12.4. The van der Waals surface area contributed by atoms with E-state index in [0.717, 1.165) is 5.56 Å². The lowest BCUT2D eigenvalue weighted by atomic mass is 10.1. The molecule has 2 aromatic rings. The van der Waals surface area contributed by atoms with Crippen molar-refractivity contribution in [1.82, 2.24) is 5.32 Å². The Morgan fingerprint density at radius 3 is 2.41 bits per heavy atom. The third kappa shape index (κ3) is 6.43. The van der Waals surface area contributed by atoms with E-state index in [4.69, 9.17) is 5.73 Å². The standard InChI is InChI=1S/C19H19F2N3O3/c1-12(13-6-9-15(10-7-13)24-19(22)26)23-17(25)11-8-14-4-2-3-5-16(14)27-18(20)21/h2-12,18H,1H3,(H,23,25)(H3,22,24,26)/b11-8-/t12-/m0/s1. The molecule has 0 spiro atoms. The second kappa shape index (κ2) is 9.33. The van der Waals surface area contributed by atoms with Crippen LogP contribution in [0.1, 0.15) is 24.1 Å². The summed E-state index contributed by atoms with van der Waals surface area (Å²) in [5, 5.41) is 5.20. The van der Waals surface area contributed by atoms with Crippen molar-refractivity contribution in [2.24, 2.45) is 5.73 Å². The third-order valence-corrected chi connectivity index (χ3v) is 3.59. The van der Waals surface area contributed by atoms with Gasteiger partial charge >= 0.3 is 12.6 Å². The Morgan fingerprint density at radius 1 is 1.11 bits per heavy atom. The molecule has 0 aliphatic heterocycles. The summed E-state index contributed by atoms with van der Waals surface area (Å²) >= 11 is 0. The number of hydrogen-bond donors (Lipinski definition) is 3. The van der Waals surface area contributed by atoms with Crippen LogP contribution in [-0.2, 0) is 4.79 Å². The summed E-state index contributed by atoms with van der Waals surface area (Å²) in [6, 6.07) is 12.0. The number of nitrogens with two attached hydrogens (primary N) is 1. The number of primary amides is 1. The fourth-order valence-corrected chi connectivity index (χ4v) is 2.33. The molecular formula is C19H19F2N3O3. The van der Waals surface area contributed by atoms with E-state index < -0.39 is 18.5 Å². The highest BCUT2D eigenvalue weighted by Gasteiger charge is 2.10. The van der Waals surface area contributed by atoms with Gasteiger partial charge < -0.3 is 21.1 Å². The highest BCUT2D eigenvalue weighted by Crippen LogP contribution is 2.21. The topological polar surface area (TPSA) is 93.4 Å². The number of rotatable bonds is 7. The molecule has 1 atom stereocenters. The SMILES string of the molecule is C[C@H](NC(=O)/C=C\c1ccccc1OC(F)F)c1ccc(NC(N)=O)cc1. The molecule has 0 unspecified atom stereocenters. The van der Waals surface area contributed by atoms with Gasteiger partial charge in [-0.25, -0.2) is 4.79 Å². The van der Waals surface area contributed by atoms with Gasteiger partial charge in [-0.1, -0.05) is 30.3 Å². The van der Waals surface area contributed by atoms with Crippen LogP contribution in [0.4, 0.5) is 19.3 Å². The van der Waals surface area contributed by atoms with Gasteiger partial charge in [-0.3, -0.25) is 4.79 Å². The minimum absolute atomic E-state index is 0.0119. The van der Waals surface area contributed by atoms with E-state index in [1.807, 2.05) is 0 Å². The Hall–Kier alpha value is -3.42. The molecule has 2 aromatic carbocycles. The zero-order valence-corrected chi connectivity index (χ0v) is 14.5. The van der Waals surface area contributed by atoms with Gasteiger partial charge in [0.25, 0.3) is 0 Å². The minimum atomic E-state index is -2.94. The first-order chi connectivity index (χ1) is 12.8. The number of anilines is 1. The number of ether oxygens (including phenoxy) is 1. The molecule has 0 aliphatic carbocycles. The van der Waals surface area contributed by atoms with Crippen LogP contribution in [0.5, 0.6) is 5.75 Å². The molecule has 0 aliphatic rings. The lowest BCUT2D eigenvalue weighted by Gasteiger charge is -2.13. The maximum Gasteiger partial charge on any atom is 0.387 e. The Labute approximate surface area is 155 Å². The molecule has 0 bridgehead atoms. The van der Waals surface area contributed by atoms with Crippen LogP contribution in [0.3, 0.4) is 0 Å². The molecule has 0 heterocycles. The average Bonchev–Trinajstić information content (AvgIpc) is 2.60. The lowest BCUT2D eigenvalue weighted by molar-refractivity contribution is -0.117. The number of halogens is 2. The van der Waals surface area contributed by atoms with Gasteiger partial charge in [-0.05, 0) is 36.8 Å². The molecule has 27 heavy (non-hydrogen) atoms. The van der Waals surface area contributed by atoms with Crippen LogP contribution in [0, 0.1) is 0 Å². The molecule has 3 amide bonds. The van der Waals surface area contributed by atoms with Gasteiger partial charge in [-0.15, -0.1) is 0 Å². The summed E-state index contributed by atoms with van der Waals surface area (Å²) in [6.07, 6.45) is 2.65. The number of alkyl halides is 2. The van der Waals surface area contributed by atoms with Gasteiger partial charge in [-0.2, -0.15) is 8.78 Å². The zero-order valence-electron chi connectivity index (χ0n) is 14.5. The Morgan fingerprint density at radius 2 is 1.78 bits per heavy atom. The molecular weight excluding hydrogens is 356 g/mol. The first-order valence-corrected chi connectivity index (χ1v) is 8.04. The first kappa shape index (κ1) is 19.9. The Balaban J connectivity index is 1.99. The van der Waals surface area contributed by atoms with E-state index in [2.05, 4.69) is 15.4 Å². The predicted octanol–water partition coefficient (Wildman–Crippen LogP) is 3.67. The summed E-state index contributed by atoms with van der Waals surface area (Å²) < 4.78 is 29.2. The van der Waals surface area contributed by atoms with Gasteiger partial charge in [0.2, 0.25) is 5.91 Å². The third-order valence-electron chi connectivity index (χ3n) is 3.59. The molecule has 142 valence electrons. The van der Waals surface area contributed by atoms with E-state index in [9.17, 15) is 18.4 Å². The van der Waals surface area contributed by atoms with Crippen LogP contribution < -0.4 is 21.1 Å². The van der Waals surface area contributed by atoms with Gasteiger partial charge in [0, 0.05) is 17.3 Å². The van der Waals surface area contributed by atoms with Crippen molar-refractivity contribution in [3.63, 3.8) is 0 Å². The summed E-state index contributed by atoms with van der Waals surface area (Å²) in [6.45, 7) is -1.16. The molecule has 0 aromatic heterocycles. The van der Waals surface area contributed by atoms with Gasteiger partial charge in [0.15, 0.2) is 0 Å². The van der Waals surface area contributed by atoms with Crippen molar-refractivity contribution in [1.29, 1.82) is 0 Å². The number of amides is 3. The fourth-order valence-electron chi connectivity index (χ4n) is 2.33. The van der Waals surface area contributed by atoms with Crippen LogP contribution >= 0.6 is 0 Å². The molecule has 6 nitrogen and oxygen atoms in total. The van der Waals surface area contributed by atoms with E-state index in [0.29, 0.717) is 11.3 Å². The van der Waals surface area contributed by atoms with E-state index in [-0.39, 0.29) is 11.8 Å². The minimum Gasteiger partial charge on any atom is -0.434 e. The molecule has 8 heteroatoms. The number of para-hydroxylation sites is 1. The van der Waals surface area contributed by atoms with Crippen molar-refractivity contribution >= 4 is 23.7 Å². The monoisotopic (exact) mass is 375 g/mol. The van der Waals surface area contributed by atoms with Gasteiger partial charge in [0.05, 0.1) is 6.04 Å². The van der Waals surface area contributed by atoms with Crippen LogP contribution in [0.15, 0.2) is 54.6 Å². The van der Waals surface area contributed by atoms with Crippen LogP contribution in [0.2, 0.25) is 0 Å². The second-order valence-corrected chi connectivity index (χ2v) is 5.59. The Kier molecular flexibility index (Phi) is 6.87. The normalized spacial score (nSPS) is 12.0. The number of benzene rings is 2. The molecule has 0 radical (unpaired) electrons. The molecule has 0 fully saturated rings. The Bertz CT molecular complexity index is 823. The number of nitrogens with one attached hydrogen (secondary N) is 2. The number of carbonyl (C=O) groups is 2. The van der Waals surface area contributed by atoms with Gasteiger partial charge in [0.1, 0.15) is 5.75 Å². The largest absolute Gasteiger partial charge is 0.434 e. The summed E-state index contributed by atoms with van der Waals surface area (Å²) in [5.41, 5.74) is 6.76. The average molecular weight is 375 g/mol. The van der Waals surface area contributed by atoms with E-state index in [1.54, 1.807) is 49.4 Å². The van der Waals surface area contributed by atoms with E-state index in [1.165, 1.54) is 18.2 Å². The maximum absolute atomic E-state index is 12.4. The molecule has 0 saturated carbocycles. The zero-order chi connectivity index (χ0) is 19.8. The van der Waals surface area contributed by atoms with Crippen LogP contribution in [0.25, 0.3) is 6.08 Å². The highest BCUT2D eigenvalue weighted by molar-refractivity contribution is 5.92. The first-order valence-electron chi connectivity index (χ1n) is 8.04. The summed E-state index contributed by atoms with van der Waals surface area (Å²) in [5.74, 6) is -0.407. The van der Waals surface area contributed by atoms with Crippen molar-refractivity contribution < 1.29 is 23.1 Å². The molecule has 2 rings (SSSR count). The van der Waals surface area contributed by atoms with Crippen molar-refractivity contribution in [3.05, 3.63) is 65.7 Å². The van der Waals surface area contributed by atoms with Crippen molar-refractivity contribution in [2.75, 3.05) is 5.32 Å². The number of urea groups is 1. The second-order valence-electron chi connectivity index (χ2n) is 5.59. The van der Waals surface area contributed by atoms with E-state index >= 15 is 0 Å². The number of carbonyl (C=O) groups excluding carboxylic acids is 2. The van der Waals surface area contributed by atoms with Crippen molar-refractivity contribution in [3.8, 4) is 5.75 Å². The molecule has 4 N–H and O–H groups in total. The smallest absolute Gasteiger partial charge is 0.387 e. The fraction of sp³-hybridized carbons (Fsp3) is 0.158. The number of hydrogen-bond acceptors (Lipinski definition) is 3. The molecule has 0 saturated heterocycles. The summed E-state index contributed by atoms with van der Waals surface area (Å²) in [4.78, 5) is 22.9. The quantitative estimate of drug-likeness (QED) is 0.645. The van der Waals surface area contributed by atoms with Crippen molar-refractivity contribution in [2.45, 2.75) is 19.6 Å². The predicted molar refractivity (Wildman–Crippen MR) is 98.3 cm³/mol. The summed E-state index contributed by atoms with van der Waals surface area (Å²) in [7, 11) is 0. The lowest BCUT2D eigenvalue weighted by Crippen LogP contribution is -2.24.